The van der Waals surface area contributed by atoms with Gasteiger partial charge in [-0.25, -0.2) is 0 Å². The molecule has 0 unspecified atom stereocenters. The summed E-state index contributed by atoms with van der Waals surface area (Å²) in [6.45, 7) is 2.01. The lowest BCUT2D eigenvalue weighted by Crippen LogP contribution is -2.31. The fourth-order valence-electron chi connectivity index (χ4n) is 2.06. The second-order valence-electron chi connectivity index (χ2n) is 4.41. The van der Waals surface area contributed by atoms with Crippen molar-refractivity contribution >= 4 is 29.0 Å². The van der Waals surface area contributed by atoms with Crippen LogP contribution in [-0.4, -0.2) is 45.2 Å². The third-order valence-corrected chi connectivity index (χ3v) is 3.27. The molecule has 0 bridgehead atoms. The molecule has 0 aliphatic carbocycles. The molecule has 2 rings (SSSR count). The van der Waals surface area contributed by atoms with E-state index in [1.165, 1.54) is 4.90 Å². The number of ether oxygens (including phenoxy) is 2. The second-order valence-corrected chi connectivity index (χ2v) is 4.84. The molecule has 6 heteroatoms. The van der Waals surface area contributed by atoms with Crippen LogP contribution in [0.25, 0.3) is 0 Å². The fourth-order valence-corrected chi connectivity index (χ4v) is 2.22. The first-order valence-electron chi connectivity index (χ1n) is 6.37. The predicted octanol–water partition coefficient (Wildman–Crippen LogP) is 1.92. The highest BCUT2D eigenvalue weighted by Crippen LogP contribution is 2.31. The number of rotatable bonds is 7. The Morgan fingerprint density at radius 3 is 2.75 bits per heavy atom. The van der Waals surface area contributed by atoms with Gasteiger partial charge in [-0.3, -0.25) is 9.59 Å². The number of ketones is 1. The lowest BCUT2D eigenvalue weighted by Gasteiger charge is -2.16. The molecule has 0 atom stereocenters. The van der Waals surface area contributed by atoms with Crippen molar-refractivity contribution in [3.63, 3.8) is 0 Å². The van der Waals surface area contributed by atoms with Gasteiger partial charge in [0, 0.05) is 25.3 Å². The average molecular weight is 298 g/mol. The van der Waals surface area contributed by atoms with Crippen molar-refractivity contribution in [1.29, 1.82) is 0 Å². The summed E-state index contributed by atoms with van der Waals surface area (Å²) in [5, 5.41) is 0.507. The van der Waals surface area contributed by atoms with Gasteiger partial charge in [0.1, 0.15) is 0 Å². The molecule has 0 spiro atoms. The number of fused-ring (bicyclic) bond motifs is 1. The molecule has 0 N–H and O–H groups in total. The Balaban J connectivity index is 1.94. The largest absolute Gasteiger partial charge is 0.382 e. The van der Waals surface area contributed by atoms with Gasteiger partial charge in [-0.2, -0.15) is 0 Å². The summed E-state index contributed by atoms with van der Waals surface area (Å²) in [5.74, 6) is -0.976. The van der Waals surface area contributed by atoms with Crippen molar-refractivity contribution in [2.75, 3.05) is 38.4 Å². The fraction of sp³-hybridized carbons (Fsp3) is 0.429. The first-order valence-corrected chi connectivity index (χ1v) is 6.75. The summed E-state index contributed by atoms with van der Waals surface area (Å²) >= 11 is 5.91. The number of carbonyl (C=O) groups is 2. The molecule has 0 aromatic heterocycles. The highest BCUT2D eigenvalue weighted by Gasteiger charge is 2.35. The summed E-state index contributed by atoms with van der Waals surface area (Å²) in [5.41, 5.74) is 1.00. The van der Waals surface area contributed by atoms with Crippen LogP contribution in [-0.2, 0) is 14.3 Å². The van der Waals surface area contributed by atoms with E-state index in [1.54, 1.807) is 25.3 Å². The van der Waals surface area contributed by atoms with Crippen molar-refractivity contribution in [1.82, 2.24) is 0 Å². The standard InChI is InChI=1S/C14H16ClNO4/c1-19-7-8-20-6-2-5-16-12-9-10(15)3-4-11(12)13(17)14(16)18/h3-4,9H,2,5-8H2,1H3. The van der Waals surface area contributed by atoms with Crippen LogP contribution in [0.5, 0.6) is 0 Å². The molecular weight excluding hydrogens is 282 g/mol. The van der Waals surface area contributed by atoms with Gasteiger partial charge in [-0.1, -0.05) is 11.6 Å². The quantitative estimate of drug-likeness (QED) is 0.570. The SMILES string of the molecule is COCCOCCCN1C(=O)C(=O)c2ccc(Cl)cc21. The Kier molecular flexibility index (Phi) is 5.11. The number of hydrogen-bond acceptors (Lipinski definition) is 4. The Morgan fingerprint density at radius 1 is 1.20 bits per heavy atom. The first kappa shape index (κ1) is 15.0. The Labute approximate surface area is 122 Å². The highest BCUT2D eigenvalue weighted by atomic mass is 35.5. The Morgan fingerprint density at radius 2 is 2.00 bits per heavy atom. The molecule has 0 radical (unpaired) electrons. The zero-order chi connectivity index (χ0) is 14.5. The lowest BCUT2D eigenvalue weighted by atomic mass is 10.1. The highest BCUT2D eigenvalue weighted by molar-refractivity contribution is 6.52. The molecule has 1 aromatic rings. The zero-order valence-electron chi connectivity index (χ0n) is 11.2. The number of anilines is 1. The lowest BCUT2D eigenvalue weighted by molar-refractivity contribution is -0.114. The maximum Gasteiger partial charge on any atom is 0.299 e. The molecule has 0 fully saturated rings. The van der Waals surface area contributed by atoms with E-state index >= 15 is 0 Å². The van der Waals surface area contributed by atoms with Crippen LogP contribution >= 0.6 is 11.6 Å². The van der Waals surface area contributed by atoms with Gasteiger partial charge in [0.15, 0.2) is 0 Å². The van der Waals surface area contributed by atoms with E-state index in [-0.39, 0.29) is 0 Å². The molecule has 1 aliphatic rings. The smallest absolute Gasteiger partial charge is 0.299 e. The van der Waals surface area contributed by atoms with Crippen molar-refractivity contribution < 1.29 is 19.1 Å². The topological polar surface area (TPSA) is 55.8 Å². The van der Waals surface area contributed by atoms with E-state index in [4.69, 9.17) is 21.1 Å². The third-order valence-electron chi connectivity index (χ3n) is 3.04. The monoisotopic (exact) mass is 297 g/mol. The molecule has 20 heavy (non-hydrogen) atoms. The third kappa shape index (κ3) is 3.17. The number of nitrogens with zero attached hydrogens (tertiary/aromatic N) is 1. The summed E-state index contributed by atoms with van der Waals surface area (Å²) in [6.07, 6.45) is 0.648. The van der Waals surface area contributed by atoms with Gasteiger partial charge in [-0.05, 0) is 24.6 Å². The van der Waals surface area contributed by atoms with E-state index in [1.807, 2.05) is 0 Å². The van der Waals surface area contributed by atoms with Gasteiger partial charge in [0.25, 0.3) is 11.7 Å². The van der Waals surface area contributed by atoms with Crippen molar-refractivity contribution in [3.05, 3.63) is 28.8 Å². The van der Waals surface area contributed by atoms with E-state index < -0.39 is 11.7 Å². The number of hydrogen-bond donors (Lipinski definition) is 0. The maximum absolute atomic E-state index is 11.9. The number of amides is 1. The maximum atomic E-state index is 11.9. The van der Waals surface area contributed by atoms with Gasteiger partial charge >= 0.3 is 0 Å². The Hall–Kier alpha value is -1.43. The van der Waals surface area contributed by atoms with Crippen molar-refractivity contribution in [2.24, 2.45) is 0 Å². The molecule has 108 valence electrons. The number of Topliss-reactive ketones (excluding diaryl/α,β-unsaturated/α-hetero) is 1. The van der Waals surface area contributed by atoms with Crippen LogP contribution in [0.1, 0.15) is 16.8 Å². The molecule has 0 saturated heterocycles. The van der Waals surface area contributed by atoms with Crippen LogP contribution in [0, 0.1) is 0 Å². The summed E-state index contributed by atoms with van der Waals surface area (Å²) in [4.78, 5) is 25.2. The normalized spacial score (nSPS) is 14.0. The number of methoxy groups -OCH3 is 1. The summed E-state index contributed by atoms with van der Waals surface area (Å²) < 4.78 is 10.2. The van der Waals surface area contributed by atoms with Gasteiger partial charge in [0.2, 0.25) is 0 Å². The molecule has 0 saturated carbocycles. The van der Waals surface area contributed by atoms with E-state index in [0.29, 0.717) is 49.1 Å². The van der Waals surface area contributed by atoms with E-state index in [9.17, 15) is 9.59 Å². The molecule has 1 aromatic carbocycles. The van der Waals surface area contributed by atoms with Crippen LogP contribution < -0.4 is 4.90 Å². The Bertz CT molecular complexity index is 518. The number of carbonyl (C=O) groups excluding carboxylic acids is 2. The van der Waals surface area contributed by atoms with Gasteiger partial charge in [-0.15, -0.1) is 0 Å². The molecule has 1 heterocycles. The summed E-state index contributed by atoms with van der Waals surface area (Å²) in [7, 11) is 1.61. The minimum absolute atomic E-state index is 0.416. The van der Waals surface area contributed by atoms with E-state index in [0.717, 1.165) is 0 Å². The molecule has 5 nitrogen and oxygen atoms in total. The first-order chi connectivity index (χ1) is 9.65. The molecule has 1 amide bonds. The van der Waals surface area contributed by atoms with E-state index in [2.05, 4.69) is 0 Å². The second kappa shape index (κ2) is 6.83. The van der Waals surface area contributed by atoms with Crippen LogP contribution in [0.4, 0.5) is 5.69 Å². The van der Waals surface area contributed by atoms with Crippen LogP contribution in [0.3, 0.4) is 0 Å². The average Bonchev–Trinajstić information content (AvgIpc) is 2.67. The molecule has 1 aliphatic heterocycles. The summed E-state index contributed by atoms with van der Waals surface area (Å²) in [6, 6.07) is 4.85. The molecular formula is C14H16ClNO4. The number of benzene rings is 1. The van der Waals surface area contributed by atoms with Crippen molar-refractivity contribution in [2.45, 2.75) is 6.42 Å². The van der Waals surface area contributed by atoms with Gasteiger partial charge in [0.05, 0.1) is 24.5 Å². The van der Waals surface area contributed by atoms with Gasteiger partial charge < -0.3 is 14.4 Å². The van der Waals surface area contributed by atoms with Crippen LogP contribution in [0.2, 0.25) is 5.02 Å². The minimum Gasteiger partial charge on any atom is -0.382 e. The predicted molar refractivity (Wildman–Crippen MR) is 75.4 cm³/mol. The number of halogens is 1. The van der Waals surface area contributed by atoms with Crippen molar-refractivity contribution in [3.8, 4) is 0 Å². The minimum atomic E-state index is -0.501. The van der Waals surface area contributed by atoms with Crippen LogP contribution in [0.15, 0.2) is 18.2 Å². The zero-order valence-corrected chi connectivity index (χ0v) is 12.0.